The lowest BCUT2D eigenvalue weighted by atomic mass is 9.90. The third-order valence-corrected chi connectivity index (χ3v) is 6.36. The largest absolute Gasteiger partial charge is 0.436 e. The van der Waals surface area contributed by atoms with Gasteiger partial charge in [0.15, 0.2) is 16.7 Å². The van der Waals surface area contributed by atoms with Crippen molar-refractivity contribution in [1.82, 2.24) is 25.1 Å². The van der Waals surface area contributed by atoms with Crippen LogP contribution >= 0.6 is 23.2 Å². The average molecular weight is 563 g/mol. The zero-order chi connectivity index (χ0) is 27.1. The molecular formula is C23H24Cl2F4N6O2. The highest BCUT2D eigenvalue weighted by atomic mass is 35.5. The van der Waals surface area contributed by atoms with Crippen molar-refractivity contribution < 1.29 is 27.5 Å². The molecule has 1 aliphatic rings. The van der Waals surface area contributed by atoms with E-state index in [1.165, 1.54) is 23.0 Å². The molecule has 3 heterocycles. The minimum absolute atomic E-state index is 0.0210. The van der Waals surface area contributed by atoms with E-state index in [-0.39, 0.29) is 39.5 Å². The van der Waals surface area contributed by atoms with E-state index in [0.717, 1.165) is 0 Å². The number of fused-ring (bicyclic) bond motifs is 1. The summed E-state index contributed by atoms with van der Waals surface area (Å²) in [6.07, 6.45) is -1.50. The Balaban J connectivity index is 1.53. The quantitative estimate of drug-likeness (QED) is 0.281. The van der Waals surface area contributed by atoms with Crippen LogP contribution in [0.4, 0.5) is 23.2 Å². The molecule has 8 nitrogen and oxygen atoms in total. The number of carbonyl (C=O) groups is 1. The number of hydrogen-bond acceptors (Lipinski definition) is 6. The van der Waals surface area contributed by atoms with E-state index in [0.29, 0.717) is 25.7 Å². The third-order valence-electron chi connectivity index (χ3n) is 5.87. The molecule has 0 radical (unpaired) electrons. The maximum atomic E-state index is 15.0. The molecule has 0 aromatic carbocycles. The predicted octanol–water partition coefficient (Wildman–Crippen LogP) is 5.22. The molecule has 0 bridgehead atoms. The second kappa shape index (κ2) is 10.2. The normalized spacial score (nSPS) is 18.7. The first-order chi connectivity index (χ1) is 17.2. The monoisotopic (exact) mass is 562 g/mol. The lowest BCUT2D eigenvalue weighted by molar-refractivity contribution is -0.143. The van der Waals surface area contributed by atoms with Crippen LogP contribution in [0.15, 0.2) is 18.3 Å². The summed E-state index contributed by atoms with van der Waals surface area (Å²) in [6, 6.07) is 1.70. The van der Waals surface area contributed by atoms with Gasteiger partial charge in [-0.05, 0) is 51.7 Å². The zero-order valence-corrected chi connectivity index (χ0v) is 21.3. The van der Waals surface area contributed by atoms with E-state index in [4.69, 9.17) is 23.2 Å². The number of pyridine rings is 2. The van der Waals surface area contributed by atoms with Crippen molar-refractivity contribution in [3.63, 3.8) is 0 Å². The number of aromatic nitrogens is 4. The molecule has 1 fully saturated rings. The summed E-state index contributed by atoms with van der Waals surface area (Å²) in [6.45, 7) is 3.31. The van der Waals surface area contributed by atoms with Crippen molar-refractivity contribution in [1.29, 1.82) is 0 Å². The van der Waals surface area contributed by atoms with Crippen molar-refractivity contribution in [2.24, 2.45) is 0 Å². The summed E-state index contributed by atoms with van der Waals surface area (Å²) >= 11 is 12.0. The lowest BCUT2D eigenvalue weighted by Crippen LogP contribution is -2.42. The minimum atomic E-state index is -5.01. The molecule has 1 aliphatic carbocycles. The summed E-state index contributed by atoms with van der Waals surface area (Å²) in [5.41, 5.74) is -3.30. The smallest absolute Gasteiger partial charge is 0.389 e. The van der Waals surface area contributed by atoms with Gasteiger partial charge in [-0.3, -0.25) is 9.48 Å². The van der Waals surface area contributed by atoms with Gasteiger partial charge in [-0.25, -0.2) is 14.4 Å². The van der Waals surface area contributed by atoms with E-state index in [2.05, 4.69) is 25.7 Å². The van der Waals surface area contributed by atoms with Crippen LogP contribution in [0.25, 0.3) is 11.0 Å². The van der Waals surface area contributed by atoms with Crippen LogP contribution in [-0.2, 0) is 12.7 Å². The highest BCUT2D eigenvalue weighted by Crippen LogP contribution is 2.37. The Hall–Kier alpha value is -2.70. The van der Waals surface area contributed by atoms with Crippen LogP contribution in [0.5, 0.6) is 0 Å². The molecule has 37 heavy (non-hydrogen) atoms. The van der Waals surface area contributed by atoms with Gasteiger partial charge in [-0.1, -0.05) is 23.2 Å². The molecule has 0 aliphatic heterocycles. The van der Waals surface area contributed by atoms with Crippen molar-refractivity contribution in [2.45, 2.75) is 69.9 Å². The second-order valence-corrected chi connectivity index (χ2v) is 10.4. The summed E-state index contributed by atoms with van der Waals surface area (Å²) in [5.74, 6) is -2.04. The first kappa shape index (κ1) is 27.3. The third kappa shape index (κ3) is 6.42. The number of aliphatic hydroxyl groups is 1. The number of carbonyl (C=O) groups excluding carboxylic acids is 1. The Bertz CT molecular complexity index is 1330. The molecule has 0 unspecified atom stereocenters. The van der Waals surface area contributed by atoms with Crippen LogP contribution in [0, 0.1) is 5.82 Å². The van der Waals surface area contributed by atoms with E-state index < -0.39 is 40.9 Å². The van der Waals surface area contributed by atoms with E-state index in [1.807, 2.05) is 0 Å². The SMILES string of the molecule is CC(C)(O)Cn1cc(C(=O)N[C@@H]2CCC[C@H](Nc3c(F)c(C(F)(F)F)nc4ccc(Cl)nc34)C2)c(Cl)n1. The Morgan fingerprint density at radius 1 is 1.19 bits per heavy atom. The van der Waals surface area contributed by atoms with E-state index in [1.54, 1.807) is 13.8 Å². The summed E-state index contributed by atoms with van der Waals surface area (Å²) < 4.78 is 56.8. The fourth-order valence-electron chi connectivity index (χ4n) is 4.36. The lowest BCUT2D eigenvalue weighted by Gasteiger charge is -2.31. The Kier molecular flexibility index (Phi) is 7.55. The highest BCUT2D eigenvalue weighted by molar-refractivity contribution is 6.32. The van der Waals surface area contributed by atoms with Crippen molar-refractivity contribution >= 4 is 45.8 Å². The fraction of sp³-hybridized carbons (Fsp3) is 0.478. The van der Waals surface area contributed by atoms with Gasteiger partial charge in [-0.15, -0.1) is 0 Å². The summed E-state index contributed by atoms with van der Waals surface area (Å²) in [7, 11) is 0. The van der Waals surface area contributed by atoms with Gasteiger partial charge in [0.1, 0.15) is 16.4 Å². The standard InChI is InChI=1S/C23H24Cl2F4N6O2/c1-22(2,37)10-35-9-13(20(25)34-35)21(36)31-12-5-3-4-11(8-12)30-18-16(26)19(23(27,28)29)32-14-6-7-15(24)33-17(14)18/h6-7,9,11-12,37H,3-5,8,10H2,1-2H3,(H,30,32)(H,31,36)/t11-,12+/m0/s1. The van der Waals surface area contributed by atoms with E-state index in [9.17, 15) is 23.1 Å². The molecule has 3 aromatic heterocycles. The Morgan fingerprint density at radius 3 is 2.57 bits per heavy atom. The molecule has 0 spiro atoms. The fourth-order valence-corrected chi connectivity index (χ4v) is 4.74. The van der Waals surface area contributed by atoms with Gasteiger partial charge in [0.25, 0.3) is 5.91 Å². The van der Waals surface area contributed by atoms with Crippen molar-refractivity contribution in [2.75, 3.05) is 5.32 Å². The molecule has 200 valence electrons. The van der Waals surface area contributed by atoms with Crippen LogP contribution in [0.2, 0.25) is 10.3 Å². The van der Waals surface area contributed by atoms with Crippen molar-refractivity contribution in [3.05, 3.63) is 45.7 Å². The number of alkyl halides is 3. The van der Waals surface area contributed by atoms with E-state index >= 15 is 4.39 Å². The maximum absolute atomic E-state index is 15.0. The van der Waals surface area contributed by atoms with Crippen LogP contribution < -0.4 is 10.6 Å². The first-order valence-electron chi connectivity index (χ1n) is 11.5. The summed E-state index contributed by atoms with van der Waals surface area (Å²) in [4.78, 5) is 20.2. The predicted molar refractivity (Wildman–Crippen MR) is 130 cm³/mol. The zero-order valence-electron chi connectivity index (χ0n) is 19.8. The Morgan fingerprint density at radius 2 is 1.89 bits per heavy atom. The summed E-state index contributed by atoms with van der Waals surface area (Å²) in [5, 5.41) is 19.7. The topological polar surface area (TPSA) is 105 Å². The van der Waals surface area contributed by atoms with Crippen LogP contribution in [0.3, 0.4) is 0 Å². The molecule has 0 saturated heterocycles. The van der Waals surface area contributed by atoms with Crippen LogP contribution in [-0.4, -0.2) is 48.4 Å². The van der Waals surface area contributed by atoms with Gasteiger partial charge in [0.2, 0.25) is 0 Å². The number of nitrogens with zero attached hydrogens (tertiary/aromatic N) is 4. The molecule has 3 aromatic rings. The molecular weight excluding hydrogens is 539 g/mol. The minimum Gasteiger partial charge on any atom is -0.389 e. The molecule has 4 rings (SSSR count). The Labute approximate surface area is 219 Å². The maximum Gasteiger partial charge on any atom is 0.436 e. The number of hydrogen-bond donors (Lipinski definition) is 3. The van der Waals surface area contributed by atoms with Gasteiger partial charge in [0.05, 0.1) is 23.2 Å². The van der Waals surface area contributed by atoms with Gasteiger partial charge in [0, 0.05) is 18.3 Å². The van der Waals surface area contributed by atoms with Gasteiger partial charge >= 0.3 is 6.18 Å². The molecule has 3 N–H and O–H groups in total. The molecule has 1 amide bonds. The molecule has 14 heteroatoms. The number of anilines is 1. The highest BCUT2D eigenvalue weighted by Gasteiger charge is 2.39. The first-order valence-corrected chi connectivity index (χ1v) is 12.2. The number of amides is 1. The molecule has 2 atom stereocenters. The van der Waals surface area contributed by atoms with Gasteiger partial charge < -0.3 is 15.7 Å². The number of rotatable bonds is 6. The van der Waals surface area contributed by atoms with Crippen LogP contribution in [0.1, 0.15) is 55.6 Å². The number of nitrogens with one attached hydrogen (secondary N) is 2. The van der Waals surface area contributed by atoms with Crippen molar-refractivity contribution in [3.8, 4) is 0 Å². The molecule has 1 saturated carbocycles. The average Bonchev–Trinajstić information content (AvgIpc) is 3.13. The number of halogens is 6. The second-order valence-electron chi connectivity index (χ2n) is 9.67. The van der Waals surface area contributed by atoms with Gasteiger partial charge in [-0.2, -0.15) is 18.3 Å².